The minimum Gasteiger partial charge on any atom is -0.330 e. The molecular weight excluding hydrogens is 320 g/mol. The van der Waals surface area contributed by atoms with E-state index >= 15 is 0 Å². The quantitative estimate of drug-likeness (QED) is 0.695. The molecule has 0 aliphatic heterocycles. The largest absolute Gasteiger partial charge is 0.330 e. The average molecular weight is 340 g/mol. The van der Waals surface area contributed by atoms with E-state index in [9.17, 15) is 18.0 Å². The van der Waals surface area contributed by atoms with Crippen LogP contribution in [-0.4, -0.2) is 42.8 Å². The molecule has 1 aromatic heterocycles. The first kappa shape index (κ1) is 17.4. The number of fused-ring (bicyclic) bond motifs is 1. The SMILES string of the molecule is CN(CC(C)(C)CN)S(=O)(=O)c1ccc2[nH]c(=O)[nH]c(=O)c2c1. The van der Waals surface area contributed by atoms with E-state index in [0.717, 1.165) is 0 Å². The summed E-state index contributed by atoms with van der Waals surface area (Å²) in [5.41, 5.74) is 4.28. The minimum atomic E-state index is -3.77. The lowest BCUT2D eigenvalue weighted by molar-refractivity contribution is 0.292. The number of rotatable bonds is 5. The van der Waals surface area contributed by atoms with Crippen molar-refractivity contribution >= 4 is 20.9 Å². The normalized spacial score (nSPS) is 12.9. The van der Waals surface area contributed by atoms with E-state index in [0.29, 0.717) is 6.54 Å². The van der Waals surface area contributed by atoms with Crippen LogP contribution in [-0.2, 0) is 10.0 Å². The minimum absolute atomic E-state index is 0.0159. The smallest absolute Gasteiger partial charge is 0.326 e. The number of nitrogens with one attached hydrogen (secondary N) is 2. The van der Waals surface area contributed by atoms with Gasteiger partial charge in [0, 0.05) is 13.6 Å². The summed E-state index contributed by atoms with van der Waals surface area (Å²) in [4.78, 5) is 27.6. The first-order valence-electron chi connectivity index (χ1n) is 7.00. The summed E-state index contributed by atoms with van der Waals surface area (Å²) >= 11 is 0. The zero-order valence-electron chi connectivity index (χ0n) is 13.2. The Hall–Kier alpha value is -1.97. The highest BCUT2D eigenvalue weighted by Crippen LogP contribution is 2.22. The summed E-state index contributed by atoms with van der Waals surface area (Å²) < 4.78 is 26.5. The Labute approximate surface area is 133 Å². The lowest BCUT2D eigenvalue weighted by Crippen LogP contribution is -2.39. The fourth-order valence-corrected chi connectivity index (χ4v) is 3.62. The van der Waals surface area contributed by atoms with Crippen LogP contribution in [0, 0.1) is 5.41 Å². The Morgan fingerprint density at radius 3 is 2.48 bits per heavy atom. The maximum atomic E-state index is 12.6. The maximum absolute atomic E-state index is 12.6. The van der Waals surface area contributed by atoms with Gasteiger partial charge in [0.2, 0.25) is 10.0 Å². The third-order valence-corrected chi connectivity index (χ3v) is 5.42. The number of H-pyrrole nitrogens is 2. The van der Waals surface area contributed by atoms with E-state index in [-0.39, 0.29) is 27.8 Å². The van der Waals surface area contributed by atoms with Crippen molar-refractivity contribution < 1.29 is 8.42 Å². The van der Waals surface area contributed by atoms with Gasteiger partial charge in [0.15, 0.2) is 0 Å². The molecule has 0 fully saturated rings. The van der Waals surface area contributed by atoms with Gasteiger partial charge in [0.1, 0.15) is 0 Å². The number of aromatic nitrogens is 2. The van der Waals surface area contributed by atoms with Crippen LogP contribution < -0.4 is 17.0 Å². The van der Waals surface area contributed by atoms with Crippen molar-refractivity contribution in [3.63, 3.8) is 0 Å². The highest BCUT2D eigenvalue weighted by molar-refractivity contribution is 7.89. The van der Waals surface area contributed by atoms with Gasteiger partial charge in [0.25, 0.3) is 5.56 Å². The van der Waals surface area contributed by atoms with Crippen LogP contribution in [0.5, 0.6) is 0 Å². The second kappa shape index (κ2) is 5.91. The Morgan fingerprint density at radius 2 is 1.87 bits per heavy atom. The van der Waals surface area contributed by atoms with Crippen molar-refractivity contribution in [1.29, 1.82) is 0 Å². The summed E-state index contributed by atoms with van der Waals surface area (Å²) in [5, 5.41) is 0.108. The van der Waals surface area contributed by atoms with Crippen molar-refractivity contribution in [1.82, 2.24) is 14.3 Å². The standard InChI is InChI=1S/C14H20N4O4S/c1-14(2,7-15)8-18(3)23(21,22)9-4-5-11-10(6-9)12(19)17-13(20)16-11/h4-6H,7-8,15H2,1-3H3,(H2,16,17,19,20). The molecule has 1 heterocycles. The molecule has 1 aromatic carbocycles. The van der Waals surface area contributed by atoms with E-state index in [1.54, 1.807) is 0 Å². The summed E-state index contributed by atoms with van der Waals surface area (Å²) in [5.74, 6) is 0. The van der Waals surface area contributed by atoms with Crippen LogP contribution in [0.3, 0.4) is 0 Å². The van der Waals surface area contributed by atoms with Gasteiger partial charge in [-0.3, -0.25) is 9.78 Å². The molecule has 0 amide bonds. The van der Waals surface area contributed by atoms with Crippen LogP contribution >= 0.6 is 0 Å². The second-order valence-corrected chi connectivity index (χ2v) is 8.29. The number of sulfonamides is 1. The molecule has 2 aromatic rings. The van der Waals surface area contributed by atoms with E-state index in [4.69, 9.17) is 5.73 Å². The number of hydrogen-bond donors (Lipinski definition) is 3. The van der Waals surface area contributed by atoms with Crippen molar-refractivity contribution in [3.8, 4) is 0 Å². The van der Waals surface area contributed by atoms with Gasteiger partial charge in [-0.2, -0.15) is 0 Å². The van der Waals surface area contributed by atoms with Crippen LogP contribution in [0.2, 0.25) is 0 Å². The molecule has 9 heteroatoms. The molecule has 0 saturated heterocycles. The predicted molar refractivity (Wildman–Crippen MR) is 87.8 cm³/mol. The number of nitrogens with zero attached hydrogens (tertiary/aromatic N) is 1. The molecule has 0 radical (unpaired) electrons. The molecular formula is C14H20N4O4S. The molecule has 0 spiro atoms. The fraction of sp³-hybridized carbons (Fsp3) is 0.429. The monoisotopic (exact) mass is 340 g/mol. The molecule has 0 atom stereocenters. The van der Waals surface area contributed by atoms with Gasteiger partial charge in [-0.25, -0.2) is 17.5 Å². The summed E-state index contributed by atoms with van der Waals surface area (Å²) in [6, 6.07) is 4.02. The van der Waals surface area contributed by atoms with Gasteiger partial charge < -0.3 is 10.7 Å². The van der Waals surface area contributed by atoms with Crippen LogP contribution in [0.1, 0.15) is 13.8 Å². The third-order valence-electron chi connectivity index (χ3n) is 3.62. The zero-order valence-corrected chi connectivity index (χ0v) is 14.0. The molecule has 23 heavy (non-hydrogen) atoms. The Balaban J connectivity index is 2.50. The Morgan fingerprint density at radius 1 is 1.22 bits per heavy atom. The number of hydrogen-bond acceptors (Lipinski definition) is 5. The zero-order chi connectivity index (χ0) is 17.4. The second-order valence-electron chi connectivity index (χ2n) is 6.25. The predicted octanol–water partition coefficient (Wildman–Crippen LogP) is -0.178. The first-order valence-corrected chi connectivity index (χ1v) is 8.44. The molecule has 2 rings (SSSR count). The lowest BCUT2D eigenvalue weighted by atomic mass is 9.94. The first-order chi connectivity index (χ1) is 10.6. The lowest BCUT2D eigenvalue weighted by Gasteiger charge is -2.28. The van der Waals surface area contributed by atoms with E-state index in [2.05, 4.69) is 9.97 Å². The van der Waals surface area contributed by atoms with Gasteiger partial charge in [-0.1, -0.05) is 13.8 Å². The summed E-state index contributed by atoms with van der Waals surface area (Å²) in [7, 11) is -2.30. The maximum Gasteiger partial charge on any atom is 0.326 e. The molecule has 0 aliphatic rings. The van der Waals surface area contributed by atoms with E-state index < -0.39 is 21.3 Å². The highest BCUT2D eigenvalue weighted by atomic mass is 32.2. The van der Waals surface area contributed by atoms with E-state index in [1.165, 1.54) is 29.6 Å². The van der Waals surface area contributed by atoms with E-state index in [1.807, 2.05) is 13.8 Å². The highest BCUT2D eigenvalue weighted by Gasteiger charge is 2.27. The molecule has 0 unspecified atom stereocenters. The van der Waals surface area contributed by atoms with Gasteiger partial charge in [0.05, 0.1) is 15.8 Å². The van der Waals surface area contributed by atoms with Crippen molar-refractivity contribution in [2.75, 3.05) is 20.1 Å². The van der Waals surface area contributed by atoms with Crippen molar-refractivity contribution in [2.24, 2.45) is 11.1 Å². The summed E-state index contributed by atoms with van der Waals surface area (Å²) in [6.45, 7) is 4.32. The Bertz CT molecular complexity index is 943. The molecule has 0 bridgehead atoms. The number of nitrogens with two attached hydrogens (primary N) is 1. The number of aromatic amines is 2. The Kier molecular flexibility index (Phi) is 4.47. The fourth-order valence-electron chi connectivity index (χ4n) is 2.24. The van der Waals surface area contributed by atoms with Crippen molar-refractivity contribution in [2.45, 2.75) is 18.7 Å². The number of benzene rings is 1. The van der Waals surface area contributed by atoms with Crippen LogP contribution in [0.15, 0.2) is 32.7 Å². The van der Waals surface area contributed by atoms with Crippen LogP contribution in [0.4, 0.5) is 0 Å². The molecule has 0 aliphatic carbocycles. The average Bonchev–Trinajstić information content (AvgIpc) is 2.46. The third kappa shape index (κ3) is 3.52. The van der Waals surface area contributed by atoms with Gasteiger partial charge >= 0.3 is 5.69 Å². The van der Waals surface area contributed by atoms with Gasteiger partial charge in [-0.05, 0) is 30.2 Å². The summed E-state index contributed by atoms with van der Waals surface area (Å²) in [6.07, 6.45) is 0. The van der Waals surface area contributed by atoms with Crippen molar-refractivity contribution in [3.05, 3.63) is 39.0 Å². The molecule has 126 valence electrons. The topological polar surface area (TPSA) is 129 Å². The van der Waals surface area contributed by atoms with Crippen LogP contribution in [0.25, 0.3) is 10.9 Å². The molecule has 0 saturated carbocycles. The molecule has 8 nitrogen and oxygen atoms in total. The van der Waals surface area contributed by atoms with Gasteiger partial charge in [-0.15, -0.1) is 0 Å². The molecule has 4 N–H and O–H groups in total.